The van der Waals surface area contributed by atoms with Crippen LogP contribution in [0.4, 0.5) is 5.82 Å². The molecule has 278 valence electrons. The number of ether oxygens (including phenoxy) is 6. The maximum absolute atomic E-state index is 13.1. The van der Waals surface area contributed by atoms with E-state index in [1.807, 2.05) is 38.8 Å². The number of morpholine rings is 1. The summed E-state index contributed by atoms with van der Waals surface area (Å²) in [6.07, 6.45) is -3.31. The van der Waals surface area contributed by atoms with E-state index in [9.17, 15) is 24.0 Å². The Morgan fingerprint density at radius 2 is 1.55 bits per heavy atom. The minimum Gasteiger partial charge on any atom is -0.470 e. The first-order valence-corrected chi connectivity index (χ1v) is 19.7. The second kappa shape index (κ2) is 18.0. The van der Waals surface area contributed by atoms with Crippen molar-refractivity contribution in [2.75, 3.05) is 57.6 Å². The van der Waals surface area contributed by atoms with Gasteiger partial charge in [0.2, 0.25) is 5.82 Å². The number of hydrogen-bond donors (Lipinski definition) is 0. The van der Waals surface area contributed by atoms with Crippen LogP contribution in [0.3, 0.4) is 0 Å². The number of anilines is 1. The second-order valence-corrected chi connectivity index (χ2v) is 19.4. The van der Waals surface area contributed by atoms with Gasteiger partial charge in [0.15, 0.2) is 33.7 Å². The number of carbonyl (C=O) groups excluding carboxylic acids is 5. The molecule has 1 aliphatic rings. The van der Waals surface area contributed by atoms with Crippen molar-refractivity contribution in [2.24, 2.45) is 0 Å². The predicted octanol–water partition coefficient (Wildman–Crippen LogP) is 2.74. The number of hydrogen-bond acceptors (Lipinski definition) is 16. The van der Waals surface area contributed by atoms with Crippen molar-refractivity contribution < 1.29 is 56.8 Å². The van der Waals surface area contributed by atoms with Crippen LogP contribution >= 0.6 is 11.7 Å². The van der Waals surface area contributed by atoms with Crippen molar-refractivity contribution in [3.05, 3.63) is 0 Å². The summed E-state index contributed by atoms with van der Waals surface area (Å²) < 4.78 is 46.8. The van der Waals surface area contributed by atoms with Gasteiger partial charge in [-0.2, -0.15) is 4.37 Å². The van der Waals surface area contributed by atoms with Crippen LogP contribution in [0.5, 0.6) is 5.88 Å². The monoisotopic (exact) mass is 732 g/mol. The summed E-state index contributed by atoms with van der Waals surface area (Å²) in [5.41, 5.74) is -0.778. The maximum atomic E-state index is 13.1. The summed E-state index contributed by atoms with van der Waals surface area (Å²) >= 11 is 0.953. The molecule has 1 saturated heterocycles. The topological polar surface area (TPSA) is 182 Å². The third-order valence-electron chi connectivity index (χ3n) is 7.92. The van der Waals surface area contributed by atoms with Crippen LogP contribution in [-0.4, -0.2) is 128 Å². The quantitative estimate of drug-likeness (QED) is 0.137. The normalized spacial score (nSPS) is 15.8. The third-order valence-corrected chi connectivity index (χ3v) is 13.0. The predicted molar refractivity (Wildman–Crippen MR) is 181 cm³/mol. The van der Waals surface area contributed by atoms with Crippen LogP contribution in [0.1, 0.15) is 62.3 Å². The van der Waals surface area contributed by atoms with Crippen LogP contribution in [0, 0.1) is 0 Å². The molecule has 0 saturated carbocycles. The van der Waals surface area contributed by atoms with Gasteiger partial charge in [-0.05, 0) is 52.8 Å². The number of carbonyl (C=O) groups is 5. The maximum Gasteiger partial charge on any atom is 0.347 e. The Kier molecular flexibility index (Phi) is 15.4. The van der Waals surface area contributed by atoms with E-state index in [0.717, 1.165) is 11.7 Å². The van der Waals surface area contributed by atoms with Gasteiger partial charge in [0.05, 0.1) is 31.5 Å². The lowest BCUT2D eigenvalue weighted by Crippen LogP contribution is -2.52. The lowest BCUT2D eigenvalue weighted by molar-refractivity contribution is -0.176. The van der Waals surface area contributed by atoms with Gasteiger partial charge in [0.1, 0.15) is 12.7 Å². The molecule has 49 heavy (non-hydrogen) atoms. The molecule has 0 aliphatic carbocycles. The van der Waals surface area contributed by atoms with E-state index in [1.54, 1.807) is 27.7 Å². The molecule has 16 nitrogen and oxygen atoms in total. The van der Waals surface area contributed by atoms with E-state index in [2.05, 4.69) is 8.75 Å². The molecule has 18 heteroatoms. The van der Waals surface area contributed by atoms with Gasteiger partial charge in [-0.3, -0.25) is 9.59 Å². The molecule has 0 aromatic carbocycles. The van der Waals surface area contributed by atoms with Crippen LogP contribution in [-0.2, 0) is 52.1 Å². The highest BCUT2D eigenvalue weighted by Crippen LogP contribution is 2.37. The van der Waals surface area contributed by atoms with Gasteiger partial charge in [0, 0.05) is 25.6 Å². The minimum atomic E-state index is -2.28. The molecule has 1 amide bonds. The Morgan fingerprint density at radius 3 is 2.12 bits per heavy atom. The first-order valence-electron chi connectivity index (χ1n) is 16.1. The number of nitrogens with zero attached hydrogens (tertiary/aromatic N) is 4. The number of rotatable bonds is 16. The molecular formula is C31H52N4O12SSi. The summed E-state index contributed by atoms with van der Waals surface area (Å²) in [4.78, 5) is 66.0. The summed E-state index contributed by atoms with van der Waals surface area (Å²) in [6, 6.07) is 0. The van der Waals surface area contributed by atoms with Crippen molar-refractivity contribution in [3.8, 4) is 5.88 Å². The minimum absolute atomic E-state index is 0.142. The highest BCUT2D eigenvalue weighted by molar-refractivity contribution is 6.99. The van der Waals surface area contributed by atoms with Crippen molar-refractivity contribution in [1.82, 2.24) is 13.6 Å². The summed E-state index contributed by atoms with van der Waals surface area (Å²) in [6.45, 7) is 19.9. The summed E-state index contributed by atoms with van der Waals surface area (Å²) in [5, 5.41) is -0.142. The molecule has 1 aliphatic heterocycles. The Morgan fingerprint density at radius 1 is 0.918 bits per heavy atom. The molecule has 0 N–H and O–H groups in total. The average Bonchev–Trinajstić information content (AvgIpc) is 3.47. The van der Waals surface area contributed by atoms with Gasteiger partial charge in [-0.1, -0.05) is 20.8 Å². The van der Waals surface area contributed by atoms with Gasteiger partial charge < -0.3 is 42.6 Å². The first kappa shape index (κ1) is 41.8. The van der Waals surface area contributed by atoms with E-state index < -0.39 is 75.2 Å². The van der Waals surface area contributed by atoms with Crippen molar-refractivity contribution in [3.63, 3.8) is 0 Å². The zero-order valence-electron chi connectivity index (χ0n) is 30.5. The molecule has 2 rings (SSSR count). The fraction of sp³-hybridized carbons (Fsp3) is 0.774. The number of aromatic nitrogens is 2. The Hall–Kier alpha value is -3.35. The fourth-order valence-corrected chi connectivity index (χ4v) is 6.03. The molecule has 2 heterocycles. The number of esters is 4. The van der Waals surface area contributed by atoms with Crippen LogP contribution in [0.15, 0.2) is 0 Å². The average molecular weight is 733 g/mol. The van der Waals surface area contributed by atoms with Crippen LogP contribution in [0.2, 0.25) is 18.1 Å². The van der Waals surface area contributed by atoms with Gasteiger partial charge in [-0.25, -0.2) is 14.4 Å². The van der Waals surface area contributed by atoms with E-state index >= 15 is 0 Å². The molecule has 0 spiro atoms. The highest BCUT2D eigenvalue weighted by Gasteiger charge is 2.40. The Labute approximate surface area is 293 Å². The largest absolute Gasteiger partial charge is 0.470 e. The standard InChI is InChI=1S/C31H52N4O12SSi/c1-20(45-29(40)21(2)47-49(10,11)31(7,8)9)28(39)44-19-25(38)46-23(16-35(30(4,5)6)24(37)18-42-22(3)36)17-43-27-26(32-48-33-27)34-12-14-41-15-13-34/h20-21,23H,12-19H2,1-11H3/t20-,21-,23-/m0/s1. The van der Waals surface area contributed by atoms with E-state index in [1.165, 1.54) is 18.7 Å². The lowest BCUT2D eigenvalue weighted by Gasteiger charge is -2.37. The molecule has 0 unspecified atom stereocenters. The number of amides is 1. The smallest absolute Gasteiger partial charge is 0.347 e. The SMILES string of the molecule is CC(=O)OCC(=O)N(C[C@@H](COc1nsnc1N1CCOCC1)OC(=O)COC(=O)[C@H](C)OC(=O)[C@H](C)O[Si](C)(C)C(C)(C)C)C(C)(C)C. The van der Waals surface area contributed by atoms with Crippen molar-refractivity contribution in [1.29, 1.82) is 0 Å². The zero-order chi connectivity index (χ0) is 37.2. The van der Waals surface area contributed by atoms with E-state index in [0.29, 0.717) is 32.1 Å². The van der Waals surface area contributed by atoms with Crippen LogP contribution < -0.4 is 9.64 Å². The molecule has 3 atom stereocenters. The first-order chi connectivity index (χ1) is 22.6. The van der Waals surface area contributed by atoms with Crippen molar-refractivity contribution in [2.45, 2.75) is 104 Å². The van der Waals surface area contributed by atoms with Gasteiger partial charge in [0.25, 0.3) is 11.8 Å². The highest BCUT2D eigenvalue weighted by atomic mass is 32.1. The molecule has 1 fully saturated rings. The molecular weight excluding hydrogens is 681 g/mol. The second-order valence-electron chi connectivity index (χ2n) is 14.1. The third kappa shape index (κ3) is 13.5. The lowest BCUT2D eigenvalue weighted by atomic mass is 10.1. The molecule has 1 aromatic rings. The summed E-state index contributed by atoms with van der Waals surface area (Å²) in [5.74, 6) is -3.06. The zero-order valence-corrected chi connectivity index (χ0v) is 32.3. The summed E-state index contributed by atoms with van der Waals surface area (Å²) in [7, 11) is -2.28. The Bertz CT molecular complexity index is 1290. The van der Waals surface area contributed by atoms with Gasteiger partial charge >= 0.3 is 23.9 Å². The fourth-order valence-electron chi connectivity index (χ4n) is 4.18. The van der Waals surface area contributed by atoms with Crippen molar-refractivity contribution >= 4 is 55.6 Å². The molecule has 1 aromatic heterocycles. The van der Waals surface area contributed by atoms with Crippen LogP contribution in [0.25, 0.3) is 0 Å². The Balaban J connectivity index is 2.10. The molecule has 0 bridgehead atoms. The molecule has 0 radical (unpaired) electrons. The van der Waals surface area contributed by atoms with Gasteiger partial charge in [-0.15, -0.1) is 4.37 Å². The van der Waals surface area contributed by atoms with E-state index in [4.69, 9.17) is 32.8 Å². The van der Waals surface area contributed by atoms with E-state index in [-0.39, 0.29) is 24.1 Å².